The molecule has 0 N–H and O–H groups in total. The first kappa shape index (κ1) is 18.5. The minimum Gasteiger partial charge on any atom is -0.497 e. The van der Waals surface area contributed by atoms with Crippen LogP contribution in [0.1, 0.15) is 21.6 Å². The van der Waals surface area contributed by atoms with Crippen LogP contribution in [0.3, 0.4) is 0 Å². The summed E-state index contributed by atoms with van der Waals surface area (Å²) in [5, 5.41) is 5.77. The van der Waals surface area contributed by atoms with Crippen LogP contribution in [-0.2, 0) is 6.54 Å². The van der Waals surface area contributed by atoms with E-state index < -0.39 is 0 Å². The van der Waals surface area contributed by atoms with Gasteiger partial charge in [-0.1, -0.05) is 41.4 Å². The smallest absolute Gasteiger partial charge is 0.216 e. The molecule has 0 spiro atoms. The average Bonchev–Trinajstić information content (AvgIpc) is 3.07. The van der Waals surface area contributed by atoms with E-state index in [0.29, 0.717) is 27.6 Å². The lowest BCUT2D eigenvalue weighted by Gasteiger charge is -2.05. The molecule has 140 valence electrons. The van der Waals surface area contributed by atoms with Gasteiger partial charge in [-0.3, -0.25) is 4.79 Å². The van der Waals surface area contributed by atoms with E-state index in [0.717, 1.165) is 11.3 Å². The molecule has 4 rings (SSSR count). The quantitative estimate of drug-likeness (QED) is 0.432. The van der Waals surface area contributed by atoms with Crippen molar-refractivity contribution in [3.8, 4) is 5.75 Å². The molecule has 0 aliphatic carbocycles. The highest BCUT2D eigenvalue weighted by molar-refractivity contribution is 6.41. The van der Waals surface area contributed by atoms with E-state index >= 15 is 0 Å². The summed E-state index contributed by atoms with van der Waals surface area (Å²) in [4.78, 5) is 17.6. The Labute approximate surface area is 171 Å². The summed E-state index contributed by atoms with van der Waals surface area (Å²) in [6.07, 6.45) is 1.67. The highest BCUT2D eigenvalue weighted by Gasteiger charge is 2.23. The summed E-state index contributed by atoms with van der Waals surface area (Å²) in [6, 6.07) is 16.2. The summed E-state index contributed by atoms with van der Waals surface area (Å²) in [5.74, 6) is 0.443. The summed E-state index contributed by atoms with van der Waals surface area (Å²) in [7, 11) is 1.62. The van der Waals surface area contributed by atoms with Gasteiger partial charge in [-0.15, -0.1) is 0 Å². The number of halogens is 2. The van der Waals surface area contributed by atoms with Crippen molar-refractivity contribution < 1.29 is 9.53 Å². The molecule has 28 heavy (non-hydrogen) atoms. The zero-order chi connectivity index (χ0) is 19.7. The number of pyridine rings is 1. The van der Waals surface area contributed by atoms with Crippen LogP contribution in [0.5, 0.6) is 5.75 Å². The fourth-order valence-corrected chi connectivity index (χ4v) is 3.59. The van der Waals surface area contributed by atoms with Crippen LogP contribution in [0.4, 0.5) is 0 Å². The molecule has 0 fully saturated rings. The van der Waals surface area contributed by atoms with E-state index in [-0.39, 0.29) is 17.0 Å². The third-order valence-corrected chi connectivity index (χ3v) is 5.03. The maximum absolute atomic E-state index is 13.2. The van der Waals surface area contributed by atoms with Gasteiger partial charge in [0.25, 0.3) is 0 Å². The maximum Gasteiger partial charge on any atom is 0.216 e. The Morgan fingerprint density at radius 1 is 1.04 bits per heavy atom. The van der Waals surface area contributed by atoms with Crippen molar-refractivity contribution in [3.05, 3.63) is 87.7 Å². The fraction of sp³-hybridized carbons (Fsp3) is 0.0952. The monoisotopic (exact) mass is 411 g/mol. The second kappa shape index (κ2) is 7.62. The van der Waals surface area contributed by atoms with Crippen LogP contribution in [0.2, 0.25) is 10.0 Å². The van der Waals surface area contributed by atoms with E-state index in [4.69, 9.17) is 27.9 Å². The molecule has 0 saturated carbocycles. The van der Waals surface area contributed by atoms with Crippen LogP contribution in [0.15, 0.2) is 60.8 Å². The number of rotatable bonds is 5. The molecule has 0 saturated heterocycles. The number of ketones is 1. The van der Waals surface area contributed by atoms with Gasteiger partial charge in [0, 0.05) is 6.20 Å². The summed E-state index contributed by atoms with van der Waals surface area (Å²) in [6.45, 7) is 0.459. The van der Waals surface area contributed by atoms with Crippen molar-refractivity contribution in [2.24, 2.45) is 0 Å². The highest BCUT2D eigenvalue weighted by atomic mass is 35.5. The van der Waals surface area contributed by atoms with Gasteiger partial charge in [0.15, 0.2) is 5.65 Å². The zero-order valence-corrected chi connectivity index (χ0v) is 16.4. The lowest BCUT2D eigenvalue weighted by atomic mass is 10.1. The Hall–Kier alpha value is -2.89. The zero-order valence-electron chi connectivity index (χ0n) is 14.9. The van der Waals surface area contributed by atoms with Gasteiger partial charge in [0.2, 0.25) is 5.78 Å². The largest absolute Gasteiger partial charge is 0.497 e. The molecule has 0 bridgehead atoms. The van der Waals surface area contributed by atoms with Crippen LogP contribution in [0.25, 0.3) is 11.0 Å². The first-order chi connectivity index (χ1) is 13.6. The minimum absolute atomic E-state index is 0.241. The van der Waals surface area contributed by atoms with Gasteiger partial charge < -0.3 is 4.74 Å². The summed E-state index contributed by atoms with van der Waals surface area (Å²) in [5.41, 5.74) is 2.13. The number of carbonyl (C=O) groups is 1. The molecule has 0 radical (unpaired) electrons. The first-order valence-corrected chi connectivity index (χ1v) is 9.27. The van der Waals surface area contributed by atoms with Crippen molar-refractivity contribution in [2.45, 2.75) is 6.54 Å². The second-order valence-corrected chi connectivity index (χ2v) is 6.97. The number of hydrogen-bond donors (Lipinski definition) is 0. The molecular weight excluding hydrogens is 397 g/mol. The van der Waals surface area contributed by atoms with E-state index in [2.05, 4.69) is 10.1 Å². The lowest BCUT2D eigenvalue weighted by Crippen LogP contribution is -2.07. The Morgan fingerprint density at radius 3 is 2.43 bits per heavy atom. The van der Waals surface area contributed by atoms with Gasteiger partial charge in [-0.2, -0.15) is 5.10 Å². The SMILES string of the molecule is COc1ccc(Cn2nc(C(=O)c3c(Cl)cccc3Cl)c3cccnc32)cc1. The fourth-order valence-electron chi connectivity index (χ4n) is 3.02. The van der Waals surface area contributed by atoms with Crippen LogP contribution in [-0.4, -0.2) is 27.7 Å². The van der Waals surface area contributed by atoms with Crippen LogP contribution < -0.4 is 4.74 Å². The van der Waals surface area contributed by atoms with Crippen LogP contribution >= 0.6 is 23.2 Å². The van der Waals surface area contributed by atoms with Crippen LogP contribution in [0, 0.1) is 0 Å². The topological polar surface area (TPSA) is 57.0 Å². The van der Waals surface area contributed by atoms with Gasteiger partial charge in [-0.25, -0.2) is 9.67 Å². The number of aromatic nitrogens is 3. The number of ether oxygens (including phenoxy) is 1. The molecule has 0 unspecified atom stereocenters. The molecule has 5 nitrogen and oxygen atoms in total. The molecule has 2 aromatic carbocycles. The molecule has 0 amide bonds. The van der Waals surface area contributed by atoms with Crippen molar-refractivity contribution in [1.29, 1.82) is 0 Å². The molecule has 0 aliphatic rings. The van der Waals surface area contributed by atoms with Crippen molar-refractivity contribution in [2.75, 3.05) is 7.11 Å². The standard InChI is InChI=1S/C21H15Cl2N3O2/c1-28-14-9-7-13(8-10-14)12-26-21-15(4-3-11-24-21)19(25-26)20(27)18-16(22)5-2-6-17(18)23/h2-11H,12H2,1H3. The molecule has 4 aromatic rings. The minimum atomic E-state index is -0.331. The average molecular weight is 412 g/mol. The van der Waals surface area contributed by atoms with Crippen molar-refractivity contribution in [1.82, 2.24) is 14.8 Å². The van der Waals surface area contributed by atoms with Crippen molar-refractivity contribution >= 4 is 40.0 Å². The lowest BCUT2D eigenvalue weighted by molar-refractivity contribution is 0.103. The number of nitrogens with zero attached hydrogens (tertiary/aromatic N) is 3. The third-order valence-electron chi connectivity index (χ3n) is 4.40. The Bertz CT molecular complexity index is 1150. The van der Waals surface area contributed by atoms with Gasteiger partial charge >= 0.3 is 0 Å². The normalized spacial score (nSPS) is 11.0. The Morgan fingerprint density at radius 2 is 1.75 bits per heavy atom. The predicted molar refractivity (Wildman–Crippen MR) is 110 cm³/mol. The Kier molecular flexibility index (Phi) is 5.03. The van der Waals surface area contributed by atoms with E-state index in [1.54, 1.807) is 42.3 Å². The predicted octanol–water partition coefficient (Wildman–Crippen LogP) is 5.03. The van der Waals surface area contributed by atoms with E-state index in [1.807, 2.05) is 30.3 Å². The summed E-state index contributed by atoms with van der Waals surface area (Å²) < 4.78 is 6.90. The maximum atomic E-state index is 13.2. The molecule has 7 heteroatoms. The number of benzene rings is 2. The van der Waals surface area contributed by atoms with Gasteiger partial charge in [-0.05, 0) is 42.0 Å². The first-order valence-electron chi connectivity index (χ1n) is 8.51. The Balaban J connectivity index is 1.79. The van der Waals surface area contributed by atoms with E-state index in [9.17, 15) is 4.79 Å². The third kappa shape index (κ3) is 3.35. The molecule has 0 aliphatic heterocycles. The number of carbonyl (C=O) groups excluding carboxylic acids is 1. The number of methoxy groups -OCH3 is 1. The highest BCUT2D eigenvalue weighted by Crippen LogP contribution is 2.29. The second-order valence-electron chi connectivity index (χ2n) is 6.15. The summed E-state index contributed by atoms with van der Waals surface area (Å²) >= 11 is 12.4. The van der Waals surface area contributed by atoms with Crippen molar-refractivity contribution in [3.63, 3.8) is 0 Å². The van der Waals surface area contributed by atoms with Gasteiger partial charge in [0.05, 0.1) is 34.6 Å². The number of hydrogen-bond acceptors (Lipinski definition) is 4. The van der Waals surface area contributed by atoms with E-state index in [1.165, 1.54) is 0 Å². The van der Waals surface area contributed by atoms with Gasteiger partial charge in [0.1, 0.15) is 11.4 Å². The molecule has 2 aromatic heterocycles. The molecular formula is C21H15Cl2N3O2. The number of fused-ring (bicyclic) bond motifs is 1. The molecule has 2 heterocycles. The molecule has 0 atom stereocenters.